The molecule has 0 radical (unpaired) electrons. The molecule has 0 aromatic carbocycles. The summed E-state index contributed by atoms with van der Waals surface area (Å²) in [7, 11) is 0. The molecule has 0 aliphatic carbocycles. The minimum Gasteiger partial charge on any atom is -0.652 e. The maximum atomic E-state index is 8.44. The monoisotopic (exact) mass is 165 g/mol. The Morgan fingerprint density at radius 2 is 1.10 bits per heavy atom. The van der Waals surface area contributed by atoms with E-state index in [-0.39, 0.29) is 23.5 Å². The number of carboxylic acid groups (broad SMARTS) is 4. The van der Waals surface area contributed by atoms with Crippen LogP contribution < -0.4 is 21.5 Å². The van der Waals surface area contributed by atoms with Crippen LogP contribution in [0.1, 0.15) is 0 Å². The fourth-order valence-corrected chi connectivity index (χ4v) is 0. The van der Waals surface area contributed by atoms with E-state index in [1.165, 1.54) is 0 Å². The Balaban J connectivity index is -0.0000000300. The molecule has 0 aliphatic heterocycles. The third kappa shape index (κ3) is 273. The summed E-state index contributed by atoms with van der Waals surface area (Å²) < 4.78 is 0. The molecular formula is C2H4AlNO6. The Kier molecular flexibility index (Phi) is 36.1. The van der Waals surface area contributed by atoms with Crippen molar-refractivity contribution in [2.75, 3.05) is 0 Å². The van der Waals surface area contributed by atoms with Gasteiger partial charge in [-0.1, -0.05) is 0 Å². The second kappa shape index (κ2) is 15.7. The molecule has 0 saturated heterocycles. The first-order valence-corrected chi connectivity index (χ1v) is 1.24. The number of rotatable bonds is 0. The van der Waals surface area contributed by atoms with E-state index in [9.17, 15) is 0 Å². The molecule has 0 aliphatic rings. The molecule has 0 spiro atoms. The van der Waals surface area contributed by atoms with Crippen LogP contribution in [0.15, 0.2) is 0 Å². The number of carbonyl (C=O) groups excluding carboxylic acids is 1. The van der Waals surface area contributed by atoms with Gasteiger partial charge >= 0.3 is 17.4 Å². The van der Waals surface area contributed by atoms with Gasteiger partial charge in [0.05, 0.1) is 0 Å². The van der Waals surface area contributed by atoms with Gasteiger partial charge in [0.1, 0.15) is 0 Å². The Hall–Kier alpha value is -0.968. The summed E-state index contributed by atoms with van der Waals surface area (Å²) in [4.78, 5) is 16.8. The number of carbonyl (C=O) groups is 2. The van der Waals surface area contributed by atoms with E-state index in [0.29, 0.717) is 0 Å². The molecule has 0 rings (SSSR count). The smallest absolute Gasteiger partial charge is 0.652 e. The van der Waals surface area contributed by atoms with Crippen molar-refractivity contribution in [2.24, 2.45) is 0 Å². The average Bonchev–Trinajstić information content (AvgIpc) is 1.25. The maximum Gasteiger partial charge on any atom is 3.00 e. The van der Waals surface area contributed by atoms with E-state index in [1.54, 1.807) is 0 Å². The van der Waals surface area contributed by atoms with Gasteiger partial charge in [0, 0.05) is 0 Å². The van der Waals surface area contributed by atoms with E-state index in [2.05, 4.69) is 0 Å². The van der Waals surface area contributed by atoms with Crippen molar-refractivity contribution in [1.29, 1.82) is 0 Å². The summed E-state index contributed by atoms with van der Waals surface area (Å²) >= 11 is 0. The minimum absolute atomic E-state index is 0. The second-order valence-corrected chi connectivity index (χ2v) is 0.516. The summed E-state index contributed by atoms with van der Waals surface area (Å²) in [6.07, 6.45) is -4.42. The molecule has 8 heteroatoms. The van der Waals surface area contributed by atoms with Crippen LogP contribution in [0.4, 0.5) is 9.59 Å². The van der Waals surface area contributed by atoms with E-state index in [1.807, 2.05) is 0 Å². The third-order valence-corrected chi connectivity index (χ3v) is 0. The van der Waals surface area contributed by atoms with Gasteiger partial charge in [-0.15, -0.1) is 0 Å². The van der Waals surface area contributed by atoms with Crippen molar-refractivity contribution in [1.82, 2.24) is 6.15 Å². The molecule has 0 saturated carbocycles. The number of hydrogen-bond donors (Lipinski definition) is 2. The van der Waals surface area contributed by atoms with E-state index >= 15 is 0 Å². The van der Waals surface area contributed by atoms with Crippen LogP contribution in [-0.4, -0.2) is 34.8 Å². The van der Waals surface area contributed by atoms with Gasteiger partial charge in [-0.25, -0.2) is 0 Å². The van der Waals surface area contributed by atoms with Crippen molar-refractivity contribution in [3.8, 4) is 0 Å². The fourth-order valence-electron chi connectivity index (χ4n) is 0. The summed E-state index contributed by atoms with van der Waals surface area (Å²) in [6, 6.07) is 0. The molecular weight excluding hydrogens is 161 g/mol. The van der Waals surface area contributed by atoms with Crippen molar-refractivity contribution in [3.63, 3.8) is 0 Å². The largest absolute Gasteiger partial charge is 3.00 e. The van der Waals surface area contributed by atoms with Gasteiger partial charge in [-0.05, 0) is 6.16 Å². The molecule has 0 unspecified atom stereocenters. The van der Waals surface area contributed by atoms with Crippen LogP contribution in [0.25, 0.3) is 0 Å². The van der Waals surface area contributed by atoms with E-state index in [4.69, 9.17) is 30.0 Å². The maximum absolute atomic E-state index is 8.44. The Morgan fingerprint density at radius 3 is 1.10 bits per heavy atom. The first kappa shape index (κ1) is 23.0. The summed E-state index contributed by atoms with van der Waals surface area (Å²) in [5, 5.41) is 32.0. The first-order chi connectivity index (χ1) is 3.46. The topological polar surface area (TPSA) is 159 Å². The van der Waals surface area contributed by atoms with E-state index < -0.39 is 12.3 Å². The van der Waals surface area contributed by atoms with Gasteiger partial charge in [-0.2, -0.15) is 0 Å². The van der Waals surface area contributed by atoms with Gasteiger partial charge in [0.2, 0.25) is 6.16 Å². The molecule has 0 aromatic rings. The SMILES string of the molecule is N.O=C([O-])O.O=C([O-])[O-].[Al+3]. The predicted molar refractivity (Wildman–Crippen MR) is 24.2 cm³/mol. The van der Waals surface area contributed by atoms with Gasteiger partial charge in [-0.3, -0.25) is 0 Å². The van der Waals surface area contributed by atoms with Crippen molar-refractivity contribution in [2.45, 2.75) is 0 Å². The first-order valence-electron chi connectivity index (χ1n) is 1.24. The zero-order chi connectivity index (χ0) is 7.15. The van der Waals surface area contributed by atoms with Gasteiger partial charge < -0.3 is 36.2 Å². The molecule has 7 nitrogen and oxygen atoms in total. The average molecular weight is 165 g/mol. The predicted octanol–water partition coefficient (Wildman–Crippen LogP) is -3.78. The Morgan fingerprint density at radius 1 is 1.10 bits per heavy atom. The fraction of sp³-hybridized carbons (Fsp3) is 0. The van der Waals surface area contributed by atoms with Crippen molar-refractivity contribution < 1.29 is 30.0 Å². The van der Waals surface area contributed by atoms with Crippen LogP contribution in [0.5, 0.6) is 0 Å². The molecule has 0 aromatic heterocycles. The Labute approximate surface area is 66.6 Å². The van der Waals surface area contributed by atoms with Gasteiger partial charge in [0.25, 0.3) is 0 Å². The molecule has 56 valence electrons. The quantitative estimate of drug-likeness (QED) is 0.348. The number of hydrogen-bond acceptors (Lipinski definition) is 6. The van der Waals surface area contributed by atoms with E-state index in [0.717, 1.165) is 0 Å². The summed E-state index contributed by atoms with van der Waals surface area (Å²) in [5.74, 6) is 0. The van der Waals surface area contributed by atoms with Crippen LogP contribution in [0.2, 0.25) is 0 Å². The molecule has 0 bridgehead atoms. The zero-order valence-corrected chi connectivity index (χ0v) is 5.93. The zero-order valence-electron chi connectivity index (χ0n) is 4.77. The minimum atomic E-state index is -2.33. The molecule has 0 fully saturated rings. The summed E-state index contributed by atoms with van der Waals surface area (Å²) in [6.45, 7) is 0. The normalized spacial score (nSPS) is 4.80. The molecule has 10 heavy (non-hydrogen) atoms. The molecule has 4 N–H and O–H groups in total. The molecule has 0 heterocycles. The van der Waals surface area contributed by atoms with Crippen LogP contribution in [0.3, 0.4) is 0 Å². The molecule has 0 atom stereocenters. The van der Waals surface area contributed by atoms with Gasteiger partial charge in [0.15, 0.2) is 0 Å². The van der Waals surface area contributed by atoms with Crippen LogP contribution in [-0.2, 0) is 0 Å². The van der Waals surface area contributed by atoms with Crippen LogP contribution >= 0.6 is 0 Å². The van der Waals surface area contributed by atoms with Crippen molar-refractivity contribution >= 4 is 29.7 Å². The second-order valence-electron chi connectivity index (χ2n) is 0.516. The molecule has 0 amide bonds. The standard InChI is InChI=1S/2CH2O3.Al.H3N/c2*2-1(3)4;;/h2*(H2,2,3,4);;1H3/q;;+3;/p-3. The Bertz CT molecular complexity index is 73.7. The summed E-state index contributed by atoms with van der Waals surface area (Å²) in [5.41, 5.74) is 0. The van der Waals surface area contributed by atoms with Crippen LogP contribution in [0, 0.1) is 0 Å². The van der Waals surface area contributed by atoms with Crippen molar-refractivity contribution in [3.05, 3.63) is 0 Å². The third-order valence-electron chi connectivity index (χ3n) is 0.